The Bertz CT molecular complexity index is 435. The van der Waals surface area contributed by atoms with Gasteiger partial charge >= 0.3 is 0 Å². The third-order valence-corrected chi connectivity index (χ3v) is 4.68. The molecule has 0 saturated carbocycles. The van der Waals surface area contributed by atoms with Gasteiger partial charge in [-0.3, -0.25) is 4.90 Å². The molecular formula is C18H33ClN4O. The van der Waals surface area contributed by atoms with E-state index in [2.05, 4.69) is 46.2 Å². The number of nitrogens with zero attached hydrogens (tertiary/aromatic N) is 3. The van der Waals surface area contributed by atoms with Crippen molar-refractivity contribution in [3.8, 4) is 0 Å². The number of rotatable bonds is 8. The van der Waals surface area contributed by atoms with Crippen LogP contribution in [-0.4, -0.2) is 62.9 Å². The molecule has 1 fully saturated rings. The molecule has 0 spiro atoms. The smallest absolute Gasteiger partial charge is 0.128 e. The molecule has 0 aliphatic carbocycles. The lowest BCUT2D eigenvalue weighted by molar-refractivity contribution is 0.182. The number of hydrogen-bond acceptors (Lipinski definition) is 5. The number of anilines is 1. The number of likely N-dealkylation sites (N-methyl/N-ethyl adjacent to an activating group) is 1. The van der Waals surface area contributed by atoms with Crippen molar-refractivity contribution in [3.63, 3.8) is 0 Å². The normalized spacial score (nSPS) is 18.1. The Morgan fingerprint density at radius 3 is 2.79 bits per heavy atom. The lowest BCUT2D eigenvalue weighted by atomic mass is 10.1. The maximum absolute atomic E-state index is 5.12. The van der Waals surface area contributed by atoms with Gasteiger partial charge in [-0.25, -0.2) is 4.98 Å². The highest BCUT2D eigenvalue weighted by atomic mass is 35.5. The standard InChI is InChI=1S/C18H32N4O.ClH/c1-4-22(17-6-5-10-19-11-9-17)15-16-7-8-18(20-14-16)21(2)12-13-23-3;/h7-8,14,17,19H,4-6,9-13,15H2,1-3H3;1H. The Morgan fingerprint density at radius 1 is 1.29 bits per heavy atom. The van der Waals surface area contributed by atoms with Gasteiger partial charge in [0.25, 0.3) is 0 Å². The van der Waals surface area contributed by atoms with Gasteiger partial charge in [-0.1, -0.05) is 13.0 Å². The van der Waals surface area contributed by atoms with Gasteiger partial charge in [0.2, 0.25) is 0 Å². The second kappa shape index (κ2) is 11.6. The third kappa shape index (κ3) is 6.55. The number of aromatic nitrogens is 1. The van der Waals surface area contributed by atoms with E-state index in [0.717, 1.165) is 45.1 Å². The minimum Gasteiger partial charge on any atom is -0.383 e. The van der Waals surface area contributed by atoms with Gasteiger partial charge in [-0.15, -0.1) is 12.4 Å². The van der Waals surface area contributed by atoms with Gasteiger partial charge in [0, 0.05) is 39.5 Å². The summed E-state index contributed by atoms with van der Waals surface area (Å²) in [4.78, 5) is 9.34. The van der Waals surface area contributed by atoms with Crippen LogP contribution in [0.15, 0.2) is 18.3 Å². The van der Waals surface area contributed by atoms with Crippen molar-refractivity contribution >= 4 is 18.2 Å². The van der Waals surface area contributed by atoms with E-state index in [1.165, 1.54) is 24.8 Å². The van der Waals surface area contributed by atoms with Crippen LogP contribution in [0.3, 0.4) is 0 Å². The number of halogens is 1. The maximum Gasteiger partial charge on any atom is 0.128 e. The highest BCUT2D eigenvalue weighted by Gasteiger charge is 2.18. The largest absolute Gasteiger partial charge is 0.383 e. The van der Waals surface area contributed by atoms with Crippen LogP contribution in [0.2, 0.25) is 0 Å². The van der Waals surface area contributed by atoms with Crippen LogP contribution in [-0.2, 0) is 11.3 Å². The van der Waals surface area contributed by atoms with Gasteiger partial charge in [-0.05, 0) is 50.5 Å². The minimum absolute atomic E-state index is 0. The first-order valence-corrected chi connectivity index (χ1v) is 8.84. The molecule has 24 heavy (non-hydrogen) atoms. The van der Waals surface area contributed by atoms with Crippen molar-refractivity contribution < 1.29 is 4.74 Å². The van der Waals surface area contributed by atoms with E-state index in [9.17, 15) is 0 Å². The fraction of sp³-hybridized carbons (Fsp3) is 0.722. The van der Waals surface area contributed by atoms with Crippen molar-refractivity contribution in [2.45, 2.75) is 38.8 Å². The van der Waals surface area contributed by atoms with Gasteiger partial charge in [0.15, 0.2) is 0 Å². The molecule has 1 aliphatic heterocycles. The van der Waals surface area contributed by atoms with Crippen molar-refractivity contribution in [1.29, 1.82) is 0 Å². The number of pyridine rings is 1. The second-order valence-corrected chi connectivity index (χ2v) is 6.34. The second-order valence-electron chi connectivity index (χ2n) is 6.34. The highest BCUT2D eigenvalue weighted by Crippen LogP contribution is 2.17. The topological polar surface area (TPSA) is 40.6 Å². The summed E-state index contributed by atoms with van der Waals surface area (Å²) in [6.45, 7) is 8.24. The molecule has 2 heterocycles. The zero-order chi connectivity index (χ0) is 16.5. The summed E-state index contributed by atoms with van der Waals surface area (Å²) in [6, 6.07) is 5.02. The Morgan fingerprint density at radius 2 is 2.12 bits per heavy atom. The molecule has 1 aromatic rings. The number of nitrogens with one attached hydrogen (secondary N) is 1. The summed E-state index contributed by atoms with van der Waals surface area (Å²) in [7, 11) is 3.78. The van der Waals surface area contributed by atoms with Crippen molar-refractivity contribution in [3.05, 3.63) is 23.9 Å². The number of ether oxygens (including phenoxy) is 1. The van der Waals surface area contributed by atoms with Crippen molar-refractivity contribution in [1.82, 2.24) is 15.2 Å². The van der Waals surface area contributed by atoms with Crippen LogP contribution >= 0.6 is 12.4 Å². The lowest BCUT2D eigenvalue weighted by Gasteiger charge is -2.30. The average Bonchev–Trinajstić information content (AvgIpc) is 2.87. The van der Waals surface area contributed by atoms with Gasteiger partial charge < -0.3 is 15.0 Å². The molecule has 1 atom stereocenters. The molecule has 0 aromatic carbocycles. The van der Waals surface area contributed by atoms with E-state index in [1.54, 1.807) is 7.11 Å². The molecule has 5 nitrogen and oxygen atoms in total. The molecular weight excluding hydrogens is 324 g/mol. The molecule has 1 saturated heterocycles. The summed E-state index contributed by atoms with van der Waals surface area (Å²) in [5, 5.41) is 3.50. The molecule has 1 N–H and O–H groups in total. The van der Waals surface area contributed by atoms with Crippen LogP contribution in [0.4, 0.5) is 5.82 Å². The van der Waals surface area contributed by atoms with Crippen LogP contribution in [0, 0.1) is 0 Å². The first-order valence-electron chi connectivity index (χ1n) is 8.84. The van der Waals surface area contributed by atoms with E-state index in [4.69, 9.17) is 4.74 Å². The van der Waals surface area contributed by atoms with Crippen molar-refractivity contribution in [2.24, 2.45) is 0 Å². The first kappa shape index (κ1) is 21.2. The fourth-order valence-electron chi connectivity index (χ4n) is 3.18. The predicted molar refractivity (Wildman–Crippen MR) is 103 cm³/mol. The molecule has 0 radical (unpaired) electrons. The van der Waals surface area contributed by atoms with E-state index in [0.29, 0.717) is 6.04 Å². The monoisotopic (exact) mass is 356 g/mol. The Balaban J connectivity index is 0.00000288. The lowest BCUT2D eigenvalue weighted by Crippen LogP contribution is -2.35. The fourth-order valence-corrected chi connectivity index (χ4v) is 3.18. The molecule has 1 aromatic heterocycles. The number of hydrogen-bond donors (Lipinski definition) is 1. The molecule has 0 amide bonds. The molecule has 2 rings (SSSR count). The van der Waals surface area contributed by atoms with Crippen molar-refractivity contribution in [2.75, 3.05) is 51.8 Å². The summed E-state index contributed by atoms with van der Waals surface area (Å²) >= 11 is 0. The summed E-state index contributed by atoms with van der Waals surface area (Å²) in [5.41, 5.74) is 1.30. The van der Waals surface area contributed by atoms with Crippen LogP contribution in [0.5, 0.6) is 0 Å². The summed E-state index contributed by atoms with van der Waals surface area (Å²) < 4.78 is 5.12. The van der Waals surface area contributed by atoms with E-state index >= 15 is 0 Å². The Labute approximate surface area is 153 Å². The van der Waals surface area contributed by atoms with Gasteiger partial charge in [-0.2, -0.15) is 0 Å². The van der Waals surface area contributed by atoms with E-state index in [1.807, 2.05) is 6.20 Å². The molecule has 1 unspecified atom stereocenters. The van der Waals surface area contributed by atoms with Crippen LogP contribution < -0.4 is 10.2 Å². The average molecular weight is 357 g/mol. The van der Waals surface area contributed by atoms with E-state index in [-0.39, 0.29) is 12.4 Å². The quantitative estimate of drug-likeness (QED) is 0.775. The number of methoxy groups -OCH3 is 1. The summed E-state index contributed by atoms with van der Waals surface area (Å²) in [5.74, 6) is 1.01. The Hall–Kier alpha value is -0.880. The molecule has 6 heteroatoms. The van der Waals surface area contributed by atoms with Gasteiger partial charge in [0.1, 0.15) is 5.82 Å². The predicted octanol–water partition coefficient (Wildman–Crippen LogP) is 2.55. The Kier molecular flexibility index (Phi) is 10.3. The first-order chi connectivity index (χ1) is 11.2. The molecule has 1 aliphatic rings. The molecule has 0 bridgehead atoms. The SMILES string of the molecule is CCN(Cc1ccc(N(C)CCOC)nc1)C1CCCNCC1.Cl. The zero-order valence-corrected chi connectivity index (χ0v) is 16.1. The van der Waals surface area contributed by atoms with Crippen LogP contribution in [0.25, 0.3) is 0 Å². The minimum atomic E-state index is 0. The van der Waals surface area contributed by atoms with E-state index < -0.39 is 0 Å². The van der Waals surface area contributed by atoms with Gasteiger partial charge in [0.05, 0.1) is 6.61 Å². The third-order valence-electron chi connectivity index (χ3n) is 4.68. The highest BCUT2D eigenvalue weighted by molar-refractivity contribution is 5.85. The zero-order valence-electron chi connectivity index (χ0n) is 15.3. The molecule has 138 valence electrons. The van der Waals surface area contributed by atoms with Crippen LogP contribution in [0.1, 0.15) is 31.7 Å². The maximum atomic E-state index is 5.12. The summed E-state index contributed by atoms with van der Waals surface area (Å²) in [6.07, 6.45) is 5.85.